The predicted molar refractivity (Wildman–Crippen MR) is 146 cm³/mol. The lowest BCUT2D eigenvalue weighted by atomic mass is 10.1. The summed E-state index contributed by atoms with van der Waals surface area (Å²) in [6, 6.07) is 7.08. The highest BCUT2D eigenvalue weighted by molar-refractivity contribution is 7.59. The molecule has 0 aliphatic carbocycles. The zero-order chi connectivity index (χ0) is 27.9. The average Bonchev–Trinajstić information content (AvgIpc) is 3.29. The van der Waals surface area contributed by atoms with Crippen molar-refractivity contribution in [1.82, 2.24) is 29.7 Å². The molecule has 0 saturated carbocycles. The number of fused-ring (bicyclic) bond motifs is 1. The second-order valence-electron chi connectivity index (χ2n) is 9.64. The van der Waals surface area contributed by atoms with Crippen molar-refractivity contribution in [3.05, 3.63) is 42.5 Å². The maximum atomic E-state index is 14.3. The molecule has 0 saturated heterocycles. The number of esters is 1. The lowest BCUT2D eigenvalue weighted by molar-refractivity contribution is -0.149. The van der Waals surface area contributed by atoms with E-state index >= 15 is 0 Å². The van der Waals surface area contributed by atoms with Crippen LogP contribution in [0.25, 0.3) is 11.2 Å². The molecular formula is C25H38N7O5P. The number of hydrogen-bond acceptors (Lipinski definition) is 9. The van der Waals surface area contributed by atoms with Crippen molar-refractivity contribution in [3.63, 3.8) is 0 Å². The summed E-state index contributed by atoms with van der Waals surface area (Å²) in [5.74, 6) is 0.451. The van der Waals surface area contributed by atoms with Crippen molar-refractivity contribution < 1.29 is 23.6 Å². The SMILES string of the molecule is CCCOC(=O)C(C)(C)NP(=O)(CO[C@@H](C)Cn1cnc2c(N)ncnc21)N[C@@H](C)c1ccccc1OC. The third-order valence-corrected chi connectivity index (χ3v) is 8.08. The molecule has 38 heavy (non-hydrogen) atoms. The molecule has 3 rings (SSSR count). The number of rotatable bonds is 14. The molecule has 0 radical (unpaired) electrons. The van der Waals surface area contributed by atoms with Crippen LogP contribution in [0.3, 0.4) is 0 Å². The molecule has 4 N–H and O–H groups in total. The van der Waals surface area contributed by atoms with E-state index in [0.717, 1.165) is 5.56 Å². The van der Waals surface area contributed by atoms with Crippen LogP contribution in [0.1, 0.15) is 52.6 Å². The van der Waals surface area contributed by atoms with E-state index in [2.05, 4.69) is 25.1 Å². The summed E-state index contributed by atoms with van der Waals surface area (Å²) in [7, 11) is -1.95. The Morgan fingerprint density at radius 1 is 1.21 bits per heavy atom. The molecule has 0 spiro atoms. The summed E-state index contributed by atoms with van der Waals surface area (Å²) in [5.41, 5.74) is 6.55. The highest BCUT2D eigenvalue weighted by Crippen LogP contribution is 2.43. The van der Waals surface area contributed by atoms with Gasteiger partial charge in [0.2, 0.25) is 7.44 Å². The number of nitrogens with two attached hydrogens (primary N) is 1. The molecule has 0 aliphatic heterocycles. The van der Waals surface area contributed by atoms with E-state index in [9.17, 15) is 9.36 Å². The smallest absolute Gasteiger partial charge is 0.326 e. The molecule has 208 valence electrons. The first-order valence-corrected chi connectivity index (χ1v) is 14.4. The second-order valence-corrected chi connectivity index (χ2v) is 11.9. The van der Waals surface area contributed by atoms with Crippen molar-refractivity contribution in [2.24, 2.45) is 0 Å². The molecule has 0 fully saturated rings. The Hall–Kier alpha value is -3.05. The summed E-state index contributed by atoms with van der Waals surface area (Å²) < 4.78 is 33.0. The van der Waals surface area contributed by atoms with Crippen LogP contribution in [-0.2, 0) is 25.4 Å². The second kappa shape index (κ2) is 12.7. The number of nitrogens with zero attached hydrogens (tertiary/aromatic N) is 4. The monoisotopic (exact) mass is 547 g/mol. The van der Waals surface area contributed by atoms with E-state index in [4.69, 9.17) is 19.9 Å². The van der Waals surface area contributed by atoms with Crippen molar-refractivity contribution in [2.45, 2.75) is 65.3 Å². The summed E-state index contributed by atoms with van der Waals surface area (Å²) in [6.45, 7) is 9.58. The third kappa shape index (κ3) is 7.28. The molecule has 1 unspecified atom stereocenters. The first-order chi connectivity index (χ1) is 18.0. The van der Waals surface area contributed by atoms with Crippen LogP contribution in [0, 0.1) is 0 Å². The van der Waals surface area contributed by atoms with Crippen molar-refractivity contribution in [3.8, 4) is 5.75 Å². The number of carbonyl (C=O) groups is 1. The van der Waals surface area contributed by atoms with E-state index < -0.39 is 19.0 Å². The van der Waals surface area contributed by atoms with Gasteiger partial charge < -0.3 is 24.5 Å². The molecule has 13 heteroatoms. The van der Waals surface area contributed by atoms with Crippen LogP contribution in [-0.4, -0.2) is 57.2 Å². The summed E-state index contributed by atoms with van der Waals surface area (Å²) in [4.78, 5) is 25.2. The van der Waals surface area contributed by atoms with Gasteiger partial charge in [0.25, 0.3) is 0 Å². The maximum Gasteiger partial charge on any atom is 0.326 e. The van der Waals surface area contributed by atoms with Crippen LogP contribution in [0.5, 0.6) is 5.75 Å². The number of carbonyl (C=O) groups excluding carboxylic acids is 1. The van der Waals surface area contributed by atoms with Gasteiger partial charge in [-0.3, -0.25) is 9.36 Å². The largest absolute Gasteiger partial charge is 0.496 e. The highest BCUT2D eigenvalue weighted by atomic mass is 31.2. The van der Waals surface area contributed by atoms with Gasteiger partial charge in [-0.1, -0.05) is 25.1 Å². The fraction of sp³-hybridized carbons (Fsp3) is 0.520. The number of benzene rings is 1. The fourth-order valence-electron chi connectivity index (χ4n) is 3.97. The van der Waals surface area contributed by atoms with Crippen molar-refractivity contribution >= 4 is 30.4 Å². The molecule has 2 aromatic heterocycles. The molecule has 0 aliphatic rings. The molecule has 3 atom stereocenters. The molecule has 1 aromatic carbocycles. The van der Waals surface area contributed by atoms with Crippen LogP contribution in [0.2, 0.25) is 0 Å². The number of methoxy groups -OCH3 is 1. The summed E-state index contributed by atoms with van der Waals surface area (Å²) >= 11 is 0. The van der Waals surface area contributed by atoms with Gasteiger partial charge >= 0.3 is 5.97 Å². The zero-order valence-electron chi connectivity index (χ0n) is 22.8. The van der Waals surface area contributed by atoms with E-state index in [1.54, 1.807) is 31.9 Å². The Balaban J connectivity index is 1.79. The Kier molecular flexibility index (Phi) is 9.83. The van der Waals surface area contributed by atoms with Gasteiger partial charge in [-0.2, -0.15) is 0 Å². The number of para-hydroxylation sites is 1. The number of anilines is 1. The van der Waals surface area contributed by atoms with Gasteiger partial charge in [0.1, 0.15) is 29.5 Å². The topological polar surface area (TPSA) is 156 Å². The Morgan fingerprint density at radius 2 is 1.95 bits per heavy atom. The summed E-state index contributed by atoms with van der Waals surface area (Å²) in [5, 5.41) is 6.19. The van der Waals surface area contributed by atoms with E-state index in [1.807, 2.05) is 45.0 Å². The number of aromatic nitrogens is 4. The number of ether oxygens (including phenoxy) is 3. The Labute approximate surface area is 223 Å². The zero-order valence-corrected chi connectivity index (χ0v) is 23.7. The standard InChI is InChI=1S/C25H38N7O5P/c1-7-12-36-24(33)25(4,5)31-38(34,30-18(3)19-10-8-9-11-20(19)35-6)16-37-17(2)13-32-15-29-21-22(26)27-14-28-23(21)32/h8-11,14-15,17-18H,7,12-13,16H2,1-6H3,(H2,26,27,28)(H2,30,31,34)/t17-,18-,38?/m0/s1. The number of nitrogen functional groups attached to an aromatic ring is 1. The first kappa shape index (κ1) is 29.5. The van der Waals surface area contributed by atoms with Gasteiger partial charge in [-0.05, 0) is 40.2 Å². The molecule has 12 nitrogen and oxygen atoms in total. The first-order valence-electron chi connectivity index (χ1n) is 12.5. The van der Waals surface area contributed by atoms with Crippen LogP contribution in [0.4, 0.5) is 5.82 Å². The van der Waals surface area contributed by atoms with E-state index in [1.165, 1.54) is 6.33 Å². The quantitative estimate of drug-likeness (QED) is 0.200. The number of nitrogens with one attached hydrogen (secondary N) is 2. The minimum absolute atomic E-state index is 0.193. The van der Waals surface area contributed by atoms with Crippen LogP contribution >= 0.6 is 7.44 Å². The third-order valence-electron chi connectivity index (χ3n) is 5.84. The molecular weight excluding hydrogens is 509 g/mol. The lowest BCUT2D eigenvalue weighted by Crippen LogP contribution is -2.49. The van der Waals surface area contributed by atoms with Gasteiger partial charge in [0.05, 0.1) is 32.7 Å². The van der Waals surface area contributed by atoms with Crippen molar-refractivity contribution in [2.75, 3.05) is 25.8 Å². The normalized spacial score (nSPS) is 15.1. The van der Waals surface area contributed by atoms with Gasteiger partial charge in [0, 0.05) is 11.6 Å². The predicted octanol–water partition coefficient (Wildman–Crippen LogP) is 3.65. The average molecular weight is 548 g/mol. The lowest BCUT2D eigenvalue weighted by Gasteiger charge is -2.33. The number of imidazole rings is 1. The van der Waals surface area contributed by atoms with Gasteiger partial charge in [-0.15, -0.1) is 0 Å². The highest BCUT2D eigenvalue weighted by Gasteiger charge is 2.38. The minimum Gasteiger partial charge on any atom is -0.496 e. The van der Waals surface area contributed by atoms with Crippen LogP contribution in [0.15, 0.2) is 36.9 Å². The molecule has 0 bridgehead atoms. The minimum atomic E-state index is -3.53. The molecule has 2 heterocycles. The fourth-order valence-corrected chi connectivity index (χ4v) is 6.40. The van der Waals surface area contributed by atoms with Crippen LogP contribution < -0.4 is 20.6 Å². The van der Waals surface area contributed by atoms with Crippen molar-refractivity contribution in [1.29, 1.82) is 0 Å². The maximum absolute atomic E-state index is 14.3. The van der Waals surface area contributed by atoms with E-state index in [-0.39, 0.29) is 25.1 Å². The Morgan fingerprint density at radius 3 is 2.66 bits per heavy atom. The summed E-state index contributed by atoms with van der Waals surface area (Å²) in [6.07, 6.45) is 3.10. The number of hydrogen-bond donors (Lipinski definition) is 3. The van der Waals surface area contributed by atoms with Gasteiger partial charge in [-0.25, -0.2) is 25.1 Å². The van der Waals surface area contributed by atoms with E-state index in [0.29, 0.717) is 35.7 Å². The van der Waals surface area contributed by atoms with Gasteiger partial charge in [0.15, 0.2) is 11.5 Å². The molecule has 0 amide bonds. The molecule has 3 aromatic rings. The Bertz CT molecular complexity index is 1280.